The summed E-state index contributed by atoms with van der Waals surface area (Å²) < 4.78 is 41.7. The zero-order chi connectivity index (χ0) is 22.5. The van der Waals surface area contributed by atoms with E-state index in [1.807, 2.05) is 0 Å². The molecule has 0 spiro atoms. The van der Waals surface area contributed by atoms with Gasteiger partial charge in [0.1, 0.15) is 16.5 Å². The van der Waals surface area contributed by atoms with Crippen LogP contribution >= 0.6 is 11.6 Å². The van der Waals surface area contributed by atoms with Crippen LogP contribution < -0.4 is 10.0 Å². The Kier molecular flexibility index (Phi) is 7.58. The molecule has 2 rings (SSSR count). The number of rotatable bonds is 8. The predicted octanol–water partition coefficient (Wildman–Crippen LogP) is 4.87. The van der Waals surface area contributed by atoms with Gasteiger partial charge < -0.3 is 15.8 Å². The van der Waals surface area contributed by atoms with Gasteiger partial charge in [-0.05, 0) is 48.9 Å². The summed E-state index contributed by atoms with van der Waals surface area (Å²) in [6.45, 7) is 3.28. The van der Waals surface area contributed by atoms with Gasteiger partial charge >= 0.3 is 0 Å². The summed E-state index contributed by atoms with van der Waals surface area (Å²) in [4.78, 5) is 11.9. The molecule has 0 heterocycles. The second-order valence-electron chi connectivity index (χ2n) is 6.22. The summed E-state index contributed by atoms with van der Waals surface area (Å²) in [5, 5.41) is 20.7. The predicted molar refractivity (Wildman–Crippen MR) is 115 cm³/mol. The Morgan fingerprint density at radius 1 is 1.10 bits per heavy atom. The van der Waals surface area contributed by atoms with Gasteiger partial charge in [-0.15, -0.1) is 0 Å². The van der Waals surface area contributed by atoms with Crippen molar-refractivity contribution in [2.24, 2.45) is 0 Å². The summed E-state index contributed by atoms with van der Waals surface area (Å²) >= 11 is 5.77. The van der Waals surface area contributed by atoms with Crippen molar-refractivity contribution >= 4 is 44.6 Å². The van der Waals surface area contributed by atoms with E-state index in [0.717, 1.165) is 12.1 Å². The maximum atomic E-state index is 14.3. The lowest BCUT2D eigenvalue weighted by molar-refractivity contribution is -0.112. The van der Waals surface area contributed by atoms with E-state index in [0.29, 0.717) is 5.02 Å². The average Bonchev–Trinajstić information content (AvgIpc) is 2.70. The molecule has 0 saturated carbocycles. The fraction of sp³-hybridized carbons (Fsp3) is 0.200. The van der Waals surface area contributed by atoms with Crippen LogP contribution in [0.5, 0.6) is 0 Å². The van der Waals surface area contributed by atoms with Crippen molar-refractivity contribution in [3.63, 3.8) is 0 Å². The maximum Gasteiger partial charge on any atom is 0.264 e. The van der Waals surface area contributed by atoms with Gasteiger partial charge in [0, 0.05) is 28.5 Å². The number of sulfonamides is 1. The molecule has 0 fully saturated rings. The lowest BCUT2D eigenvalue weighted by atomic mass is 10.0. The van der Waals surface area contributed by atoms with E-state index in [-0.39, 0.29) is 41.3 Å². The normalized spacial score (nSPS) is 12.1. The number of hydrogen-bond acceptors (Lipinski definition) is 5. The summed E-state index contributed by atoms with van der Waals surface area (Å²) in [5.41, 5.74) is -0.106. The number of hydrogen-bond donors (Lipinski definition) is 4. The van der Waals surface area contributed by atoms with E-state index in [1.54, 1.807) is 13.8 Å². The molecule has 4 N–H and O–H groups in total. The molecule has 7 nitrogen and oxygen atoms in total. The minimum Gasteiger partial charge on any atom is -0.511 e. The summed E-state index contributed by atoms with van der Waals surface area (Å²) in [6, 6.07) is 8.84. The highest BCUT2D eigenvalue weighted by molar-refractivity contribution is 7.92. The molecule has 0 aromatic heterocycles. The number of benzene rings is 2. The van der Waals surface area contributed by atoms with Crippen molar-refractivity contribution in [1.29, 1.82) is 5.41 Å². The molecule has 0 radical (unpaired) electrons. The van der Waals surface area contributed by atoms with E-state index in [2.05, 4.69) is 10.0 Å². The zero-order valence-electron chi connectivity index (χ0n) is 16.3. The molecule has 0 saturated heterocycles. The number of halogens is 2. The number of carbonyl (C=O) groups excluding carboxylic acids is 1. The van der Waals surface area contributed by atoms with Crippen LogP contribution in [0.25, 0.3) is 0 Å². The molecule has 0 bridgehead atoms. The number of anilines is 2. The summed E-state index contributed by atoms with van der Waals surface area (Å²) in [6.07, 6.45) is 0.347. The molecule has 0 unspecified atom stereocenters. The van der Waals surface area contributed by atoms with Crippen molar-refractivity contribution in [1.82, 2.24) is 0 Å². The number of aliphatic hydroxyl groups is 1. The first-order chi connectivity index (χ1) is 14.1. The lowest BCUT2D eigenvalue weighted by Gasteiger charge is -2.13. The standard InChI is InChI=1S/C20H21ClFN3O4S/c1-3-16(23)19(17(26)4-2)20(27)24-14-9-10-15(22)18(11-14)30(28,29)25-13-7-5-12(21)6-8-13/h5-11,23,25-26H,3-4H2,1-2H3,(H,24,27)/b19-17+,23-16?. The first-order valence-corrected chi connectivity index (χ1v) is 10.8. The van der Waals surface area contributed by atoms with Gasteiger partial charge in [-0.25, -0.2) is 12.8 Å². The van der Waals surface area contributed by atoms with Crippen LogP contribution in [-0.4, -0.2) is 25.1 Å². The fourth-order valence-corrected chi connectivity index (χ4v) is 3.79. The van der Waals surface area contributed by atoms with Crippen molar-refractivity contribution in [3.8, 4) is 0 Å². The van der Waals surface area contributed by atoms with Gasteiger partial charge in [0.2, 0.25) is 0 Å². The summed E-state index contributed by atoms with van der Waals surface area (Å²) in [7, 11) is -4.30. The number of amides is 1. The third kappa shape index (κ3) is 5.58. The molecule has 0 aliphatic carbocycles. The van der Waals surface area contributed by atoms with Crippen LogP contribution in [0.2, 0.25) is 5.02 Å². The van der Waals surface area contributed by atoms with Gasteiger partial charge in [0.05, 0.1) is 5.57 Å². The van der Waals surface area contributed by atoms with Gasteiger partial charge in [0.25, 0.3) is 15.9 Å². The minimum absolute atomic E-state index is 0.0109. The molecule has 0 atom stereocenters. The molecule has 160 valence electrons. The zero-order valence-corrected chi connectivity index (χ0v) is 17.9. The Labute approximate surface area is 179 Å². The highest BCUT2D eigenvalue weighted by atomic mass is 35.5. The number of carbonyl (C=O) groups is 1. The first-order valence-electron chi connectivity index (χ1n) is 8.98. The van der Waals surface area contributed by atoms with E-state index < -0.39 is 26.6 Å². The molecule has 0 aliphatic rings. The largest absolute Gasteiger partial charge is 0.511 e. The number of allylic oxidation sites excluding steroid dienone is 1. The third-order valence-corrected chi connectivity index (χ3v) is 5.73. The molecule has 30 heavy (non-hydrogen) atoms. The highest BCUT2D eigenvalue weighted by Crippen LogP contribution is 2.24. The van der Waals surface area contributed by atoms with Crippen LogP contribution in [0.15, 0.2) is 58.7 Å². The lowest BCUT2D eigenvalue weighted by Crippen LogP contribution is -2.22. The number of aliphatic hydroxyl groups excluding tert-OH is 1. The second kappa shape index (κ2) is 9.73. The third-order valence-electron chi connectivity index (χ3n) is 4.08. The molecular formula is C20H21ClFN3O4S. The monoisotopic (exact) mass is 453 g/mol. The van der Waals surface area contributed by atoms with Crippen molar-refractivity contribution in [3.05, 3.63) is 64.6 Å². The van der Waals surface area contributed by atoms with Crippen molar-refractivity contribution < 1.29 is 22.7 Å². The van der Waals surface area contributed by atoms with Crippen LogP contribution in [0.1, 0.15) is 26.7 Å². The smallest absolute Gasteiger partial charge is 0.264 e. The van der Waals surface area contributed by atoms with Crippen LogP contribution in [0, 0.1) is 11.2 Å². The maximum absolute atomic E-state index is 14.3. The van der Waals surface area contributed by atoms with Crippen molar-refractivity contribution in [2.75, 3.05) is 10.0 Å². The fourth-order valence-electron chi connectivity index (χ4n) is 2.50. The Morgan fingerprint density at radius 2 is 1.70 bits per heavy atom. The summed E-state index contributed by atoms with van der Waals surface area (Å²) in [5.74, 6) is -2.07. The average molecular weight is 454 g/mol. The number of nitrogens with one attached hydrogen (secondary N) is 3. The van der Waals surface area contributed by atoms with E-state index in [4.69, 9.17) is 17.0 Å². The van der Waals surface area contributed by atoms with Gasteiger partial charge in [-0.3, -0.25) is 9.52 Å². The molecule has 2 aromatic carbocycles. The van der Waals surface area contributed by atoms with E-state index in [1.165, 1.54) is 30.3 Å². The molecule has 1 amide bonds. The Morgan fingerprint density at radius 3 is 2.27 bits per heavy atom. The molecule has 10 heteroatoms. The quantitative estimate of drug-likeness (QED) is 0.259. The molecule has 2 aromatic rings. The van der Waals surface area contributed by atoms with Crippen LogP contribution in [0.4, 0.5) is 15.8 Å². The Hall–Kier alpha value is -2.91. The van der Waals surface area contributed by atoms with Gasteiger partial charge in [0.15, 0.2) is 0 Å². The Bertz CT molecular complexity index is 1100. The topological polar surface area (TPSA) is 119 Å². The second-order valence-corrected chi connectivity index (χ2v) is 8.31. The highest BCUT2D eigenvalue weighted by Gasteiger charge is 2.22. The van der Waals surface area contributed by atoms with E-state index >= 15 is 0 Å². The SMILES string of the molecule is CCC(=N)/C(C(=O)Nc1ccc(F)c(S(=O)(=O)Nc2ccc(Cl)cc2)c1)=C(\O)CC. The van der Waals surface area contributed by atoms with Crippen LogP contribution in [-0.2, 0) is 14.8 Å². The van der Waals surface area contributed by atoms with Gasteiger partial charge in [-0.2, -0.15) is 0 Å². The minimum atomic E-state index is -4.30. The molecular weight excluding hydrogens is 433 g/mol. The van der Waals surface area contributed by atoms with E-state index in [9.17, 15) is 22.7 Å². The Balaban J connectivity index is 2.35. The van der Waals surface area contributed by atoms with Crippen molar-refractivity contribution in [2.45, 2.75) is 31.6 Å². The van der Waals surface area contributed by atoms with Gasteiger partial charge in [-0.1, -0.05) is 25.4 Å². The first kappa shape index (κ1) is 23.4. The molecule has 0 aliphatic heterocycles. The van der Waals surface area contributed by atoms with Crippen LogP contribution in [0.3, 0.4) is 0 Å².